The normalized spacial score (nSPS) is 10.1. The molecule has 6 heteroatoms. The molecule has 0 fully saturated rings. The Bertz CT molecular complexity index is 721. The van der Waals surface area contributed by atoms with Crippen molar-refractivity contribution in [1.82, 2.24) is 9.78 Å². The van der Waals surface area contributed by atoms with Gasteiger partial charge in [0.2, 0.25) is 0 Å². The lowest BCUT2D eigenvalue weighted by Crippen LogP contribution is -2.24. The zero-order valence-corrected chi connectivity index (χ0v) is 12.0. The van der Waals surface area contributed by atoms with Crippen LogP contribution in [0, 0.1) is 18.2 Å². The fourth-order valence-corrected chi connectivity index (χ4v) is 2.07. The van der Waals surface area contributed by atoms with Crippen LogP contribution in [-0.4, -0.2) is 9.78 Å². The van der Waals surface area contributed by atoms with Crippen LogP contribution in [0.15, 0.2) is 39.7 Å². The number of benzene rings is 1. The van der Waals surface area contributed by atoms with Crippen molar-refractivity contribution in [3.8, 4) is 12.3 Å². The van der Waals surface area contributed by atoms with E-state index < -0.39 is 0 Å². The molecular weight excluding hydrogens is 325 g/mol. The zero-order valence-electron chi connectivity index (χ0n) is 10.4. The lowest BCUT2D eigenvalue weighted by Gasteiger charge is -2.09. The molecule has 0 saturated heterocycles. The fraction of sp³-hybridized carbons (Fsp3) is 0.143. The molecule has 0 atom stereocenters. The van der Waals surface area contributed by atoms with Crippen molar-refractivity contribution in [2.24, 2.45) is 0 Å². The summed E-state index contributed by atoms with van der Waals surface area (Å²) in [7, 11) is 0. The molecule has 1 N–H and O–H groups in total. The van der Waals surface area contributed by atoms with E-state index in [1.54, 1.807) is 18.2 Å². The zero-order chi connectivity index (χ0) is 14.5. The highest BCUT2D eigenvalue weighted by Gasteiger charge is 2.08. The molecule has 0 aliphatic carbocycles. The Kier molecular flexibility index (Phi) is 4.53. The van der Waals surface area contributed by atoms with E-state index in [-0.39, 0.29) is 24.5 Å². The number of terminal acetylenes is 1. The molecule has 2 aromatic rings. The lowest BCUT2D eigenvalue weighted by atomic mass is 10.2. The van der Waals surface area contributed by atoms with Gasteiger partial charge in [-0.25, -0.2) is 9.07 Å². The quantitative estimate of drug-likeness (QED) is 0.872. The Morgan fingerprint density at radius 2 is 2.20 bits per heavy atom. The highest BCUT2D eigenvalue weighted by atomic mass is 79.9. The Hall–Kier alpha value is -2.13. The molecule has 4 nitrogen and oxygen atoms in total. The average molecular weight is 336 g/mol. The summed E-state index contributed by atoms with van der Waals surface area (Å²) in [4.78, 5) is 11.9. The minimum absolute atomic E-state index is 0.102. The van der Waals surface area contributed by atoms with Crippen LogP contribution < -0.4 is 10.9 Å². The monoisotopic (exact) mass is 335 g/mol. The van der Waals surface area contributed by atoms with Crippen LogP contribution >= 0.6 is 15.9 Å². The van der Waals surface area contributed by atoms with Gasteiger partial charge < -0.3 is 5.32 Å². The van der Waals surface area contributed by atoms with Gasteiger partial charge in [0.05, 0.1) is 11.9 Å². The predicted octanol–water partition coefficient (Wildman–Crippen LogP) is 2.39. The van der Waals surface area contributed by atoms with Gasteiger partial charge in [-0.2, -0.15) is 5.10 Å². The first-order chi connectivity index (χ1) is 9.63. The molecule has 1 heterocycles. The second-order valence-corrected chi connectivity index (χ2v) is 4.78. The highest BCUT2D eigenvalue weighted by molar-refractivity contribution is 9.10. The van der Waals surface area contributed by atoms with Crippen LogP contribution in [0.4, 0.5) is 10.1 Å². The Morgan fingerprint density at radius 3 is 2.90 bits per heavy atom. The Labute approximate surface area is 123 Å². The van der Waals surface area contributed by atoms with Crippen molar-refractivity contribution in [1.29, 1.82) is 0 Å². The number of nitrogens with one attached hydrogen (secondary N) is 1. The largest absolute Gasteiger partial charge is 0.378 e. The highest BCUT2D eigenvalue weighted by Crippen LogP contribution is 2.17. The molecule has 2 rings (SSSR count). The second-order valence-electron chi connectivity index (χ2n) is 3.98. The summed E-state index contributed by atoms with van der Waals surface area (Å²) in [6.45, 7) is 0.358. The number of hydrogen-bond acceptors (Lipinski definition) is 3. The van der Waals surface area contributed by atoms with Crippen LogP contribution in [0.25, 0.3) is 0 Å². The first-order valence-electron chi connectivity index (χ1n) is 5.80. The third-order valence-corrected chi connectivity index (χ3v) is 3.42. The van der Waals surface area contributed by atoms with Gasteiger partial charge in [-0.3, -0.25) is 4.79 Å². The molecule has 0 saturated carbocycles. The van der Waals surface area contributed by atoms with Crippen molar-refractivity contribution in [2.75, 3.05) is 5.32 Å². The van der Waals surface area contributed by atoms with E-state index in [0.29, 0.717) is 15.7 Å². The topological polar surface area (TPSA) is 46.9 Å². The van der Waals surface area contributed by atoms with Gasteiger partial charge in [0, 0.05) is 12.1 Å². The minimum Gasteiger partial charge on any atom is -0.378 e. The SMILES string of the molecule is C#CCn1ncc(NCc2ccccc2F)c(Br)c1=O. The molecular formula is C14H11BrFN3O. The molecule has 0 spiro atoms. The van der Waals surface area contributed by atoms with E-state index in [0.717, 1.165) is 0 Å². The number of hydrogen-bond donors (Lipinski definition) is 1. The summed E-state index contributed by atoms with van der Waals surface area (Å²) in [6.07, 6.45) is 6.62. The van der Waals surface area contributed by atoms with E-state index >= 15 is 0 Å². The number of nitrogens with zero attached hydrogens (tertiary/aromatic N) is 2. The molecule has 0 radical (unpaired) electrons. The number of aromatic nitrogens is 2. The standard InChI is InChI=1S/C14H11BrFN3O/c1-2-7-19-14(20)13(15)12(9-18-19)17-8-10-5-3-4-6-11(10)16/h1,3-6,9,17H,7-8H2. The molecule has 0 aliphatic heterocycles. The Morgan fingerprint density at radius 1 is 1.45 bits per heavy atom. The molecule has 1 aromatic carbocycles. The van der Waals surface area contributed by atoms with Crippen LogP contribution in [0.5, 0.6) is 0 Å². The molecule has 0 amide bonds. The van der Waals surface area contributed by atoms with Gasteiger partial charge in [-0.05, 0) is 22.0 Å². The number of anilines is 1. The molecule has 102 valence electrons. The van der Waals surface area contributed by atoms with Crippen molar-refractivity contribution < 1.29 is 4.39 Å². The minimum atomic E-state index is -0.332. The molecule has 0 unspecified atom stereocenters. The Balaban J connectivity index is 2.19. The van der Waals surface area contributed by atoms with Gasteiger partial charge in [-0.15, -0.1) is 6.42 Å². The third kappa shape index (κ3) is 3.06. The van der Waals surface area contributed by atoms with Crippen molar-refractivity contribution in [3.63, 3.8) is 0 Å². The molecule has 0 bridgehead atoms. The molecule has 0 aliphatic rings. The third-order valence-electron chi connectivity index (χ3n) is 2.65. The molecule has 1 aromatic heterocycles. The number of halogens is 2. The van der Waals surface area contributed by atoms with Crippen LogP contribution in [0.2, 0.25) is 0 Å². The van der Waals surface area contributed by atoms with Crippen LogP contribution in [0.3, 0.4) is 0 Å². The average Bonchev–Trinajstić information content (AvgIpc) is 2.45. The first-order valence-corrected chi connectivity index (χ1v) is 6.59. The lowest BCUT2D eigenvalue weighted by molar-refractivity contribution is 0.612. The van der Waals surface area contributed by atoms with Gasteiger partial charge in [0.1, 0.15) is 16.8 Å². The van der Waals surface area contributed by atoms with Gasteiger partial charge in [0.15, 0.2) is 0 Å². The summed E-state index contributed by atoms with van der Waals surface area (Å²) in [6, 6.07) is 6.42. The van der Waals surface area contributed by atoms with E-state index in [1.165, 1.54) is 16.9 Å². The van der Waals surface area contributed by atoms with E-state index in [4.69, 9.17) is 6.42 Å². The van der Waals surface area contributed by atoms with E-state index in [9.17, 15) is 9.18 Å². The maximum atomic E-state index is 13.5. The van der Waals surface area contributed by atoms with E-state index in [1.807, 2.05) is 0 Å². The van der Waals surface area contributed by atoms with Crippen molar-refractivity contribution in [3.05, 3.63) is 56.7 Å². The van der Waals surface area contributed by atoms with E-state index in [2.05, 4.69) is 32.3 Å². The maximum absolute atomic E-state index is 13.5. The summed E-state index contributed by atoms with van der Waals surface area (Å²) in [5.74, 6) is 2.05. The summed E-state index contributed by atoms with van der Waals surface area (Å²) < 4.78 is 15.0. The predicted molar refractivity (Wildman–Crippen MR) is 78.8 cm³/mol. The first kappa shape index (κ1) is 14.3. The summed E-state index contributed by atoms with van der Waals surface area (Å²) in [5.41, 5.74) is 0.667. The number of rotatable bonds is 4. The van der Waals surface area contributed by atoms with Gasteiger partial charge in [-0.1, -0.05) is 24.1 Å². The van der Waals surface area contributed by atoms with Gasteiger partial charge >= 0.3 is 0 Å². The second kappa shape index (κ2) is 6.35. The van der Waals surface area contributed by atoms with Crippen molar-refractivity contribution >= 4 is 21.6 Å². The van der Waals surface area contributed by atoms with Crippen LogP contribution in [-0.2, 0) is 13.1 Å². The maximum Gasteiger partial charge on any atom is 0.284 e. The van der Waals surface area contributed by atoms with Crippen LogP contribution in [0.1, 0.15) is 5.56 Å². The van der Waals surface area contributed by atoms with Gasteiger partial charge in [0.25, 0.3) is 5.56 Å². The molecule has 20 heavy (non-hydrogen) atoms. The smallest absolute Gasteiger partial charge is 0.284 e. The summed E-state index contributed by atoms with van der Waals surface area (Å²) >= 11 is 3.19. The summed E-state index contributed by atoms with van der Waals surface area (Å²) in [5, 5.41) is 6.90. The fourth-order valence-electron chi connectivity index (χ4n) is 1.62. The van der Waals surface area contributed by atoms with Crippen molar-refractivity contribution in [2.45, 2.75) is 13.1 Å².